The van der Waals surface area contributed by atoms with Gasteiger partial charge in [0.25, 0.3) is 0 Å². The average Bonchev–Trinajstić information content (AvgIpc) is 2.89. The first-order valence-electron chi connectivity index (χ1n) is 11.1. The molecule has 6 heteroatoms. The van der Waals surface area contributed by atoms with Crippen molar-refractivity contribution in [2.75, 3.05) is 14.2 Å². The van der Waals surface area contributed by atoms with Gasteiger partial charge >= 0.3 is 0 Å². The van der Waals surface area contributed by atoms with Crippen molar-refractivity contribution >= 4 is 33.4 Å². The molecule has 174 valence electrons. The number of hydrogen-bond donors (Lipinski definition) is 2. The molecule has 2 N–H and O–H groups in total. The van der Waals surface area contributed by atoms with Crippen LogP contribution in [0.1, 0.15) is 36.8 Å². The van der Waals surface area contributed by atoms with Crippen molar-refractivity contribution in [2.45, 2.75) is 25.7 Å². The zero-order valence-electron chi connectivity index (χ0n) is 19.7. The van der Waals surface area contributed by atoms with Crippen molar-refractivity contribution < 1.29 is 19.1 Å². The van der Waals surface area contributed by atoms with E-state index in [2.05, 4.69) is 10.9 Å². The fraction of sp³-hybridized carbons (Fsp3) is 0.214. The molecule has 0 fully saturated rings. The summed E-state index contributed by atoms with van der Waals surface area (Å²) in [4.78, 5) is 25.4. The second kappa shape index (κ2) is 9.83. The Hall–Kier alpha value is -4.06. The molecular weight excluding hydrogens is 428 g/mol. The third-order valence-electron chi connectivity index (χ3n) is 6.24. The van der Waals surface area contributed by atoms with Gasteiger partial charge in [-0.3, -0.25) is 20.4 Å². The highest BCUT2D eigenvalue weighted by Gasteiger charge is 2.20. The fourth-order valence-corrected chi connectivity index (χ4v) is 3.92. The van der Waals surface area contributed by atoms with Crippen molar-refractivity contribution in [2.24, 2.45) is 0 Å². The maximum absolute atomic E-state index is 12.7. The largest absolute Gasteiger partial charge is 0.497 e. The summed E-state index contributed by atoms with van der Waals surface area (Å²) < 4.78 is 10.5. The summed E-state index contributed by atoms with van der Waals surface area (Å²) in [6.07, 6.45) is 0. The minimum absolute atomic E-state index is 0.279. The fourth-order valence-electron chi connectivity index (χ4n) is 3.92. The predicted octanol–water partition coefficient (Wildman–Crippen LogP) is 5.06. The van der Waals surface area contributed by atoms with E-state index in [9.17, 15) is 9.59 Å². The number of carbonyl (C=O) groups is 2. The first kappa shape index (κ1) is 23.1. The summed E-state index contributed by atoms with van der Waals surface area (Å²) in [5, 5.41) is 4.10. The van der Waals surface area contributed by atoms with E-state index in [0.29, 0.717) is 0 Å². The van der Waals surface area contributed by atoms with Gasteiger partial charge in [0.1, 0.15) is 11.5 Å². The normalized spacial score (nSPS) is 12.7. The van der Waals surface area contributed by atoms with Gasteiger partial charge in [-0.05, 0) is 70.8 Å². The van der Waals surface area contributed by atoms with Crippen LogP contribution in [0.4, 0.5) is 0 Å². The van der Waals surface area contributed by atoms with E-state index < -0.39 is 11.8 Å². The van der Waals surface area contributed by atoms with Crippen LogP contribution in [0.2, 0.25) is 0 Å². The van der Waals surface area contributed by atoms with Crippen molar-refractivity contribution in [3.05, 3.63) is 83.9 Å². The first-order chi connectivity index (χ1) is 16.4. The number of hydrogen-bond acceptors (Lipinski definition) is 4. The van der Waals surface area contributed by atoms with Crippen molar-refractivity contribution in [1.29, 1.82) is 0 Å². The molecule has 2 unspecified atom stereocenters. The Labute approximate surface area is 198 Å². The standard InChI is InChI=1S/C28H28N2O4/c1-17(19-5-7-23-15-25(33-3)11-9-21(23)13-19)27(31)29-30-28(32)18(2)20-6-8-24-16-26(34-4)12-10-22(24)14-20/h5-18H,1-4H3,(H,29,31)(H,30,32). The van der Waals surface area contributed by atoms with E-state index >= 15 is 0 Å². The Morgan fingerprint density at radius 2 is 0.941 bits per heavy atom. The van der Waals surface area contributed by atoms with E-state index in [-0.39, 0.29) is 11.8 Å². The second-order valence-corrected chi connectivity index (χ2v) is 8.37. The molecule has 2 amide bonds. The molecule has 2 atom stereocenters. The highest BCUT2D eigenvalue weighted by molar-refractivity contribution is 5.91. The quantitative estimate of drug-likeness (QED) is 0.398. The topological polar surface area (TPSA) is 76.7 Å². The maximum atomic E-state index is 12.7. The molecule has 0 aliphatic heterocycles. The molecule has 0 spiro atoms. The zero-order chi connectivity index (χ0) is 24.2. The third kappa shape index (κ3) is 4.81. The molecule has 0 radical (unpaired) electrons. The number of carbonyl (C=O) groups excluding carboxylic acids is 2. The predicted molar refractivity (Wildman–Crippen MR) is 134 cm³/mol. The first-order valence-corrected chi connectivity index (χ1v) is 11.1. The van der Waals surface area contributed by atoms with Crippen LogP contribution in [0.3, 0.4) is 0 Å². The number of nitrogens with one attached hydrogen (secondary N) is 2. The van der Waals surface area contributed by atoms with Gasteiger partial charge in [-0.15, -0.1) is 0 Å². The summed E-state index contributed by atoms with van der Waals surface area (Å²) in [7, 11) is 3.27. The Morgan fingerprint density at radius 1 is 0.588 bits per heavy atom. The Bertz CT molecular complexity index is 1260. The number of amides is 2. The average molecular weight is 457 g/mol. The minimum atomic E-state index is -0.433. The van der Waals surface area contributed by atoms with Crippen molar-refractivity contribution in [1.82, 2.24) is 10.9 Å². The molecule has 0 aromatic heterocycles. The SMILES string of the molecule is COc1ccc2cc(C(C)C(=O)NNC(=O)C(C)c3ccc4cc(OC)ccc4c3)ccc2c1. The molecule has 0 heterocycles. The van der Waals surface area contributed by atoms with Gasteiger partial charge < -0.3 is 9.47 Å². The molecule has 6 nitrogen and oxygen atoms in total. The van der Waals surface area contributed by atoms with Gasteiger partial charge in [0.15, 0.2) is 0 Å². The molecule has 4 aromatic rings. The van der Waals surface area contributed by atoms with Gasteiger partial charge in [0.2, 0.25) is 11.8 Å². The lowest BCUT2D eigenvalue weighted by Crippen LogP contribution is -2.45. The Morgan fingerprint density at radius 3 is 1.32 bits per heavy atom. The van der Waals surface area contributed by atoms with E-state index in [1.165, 1.54) is 0 Å². The number of methoxy groups -OCH3 is 2. The van der Waals surface area contributed by atoms with Gasteiger partial charge in [-0.2, -0.15) is 0 Å². The number of rotatable bonds is 6. The van der Waals surface area contributed by atoms with Gasteiger partial charge in [0, 0.05) is 0 Å². The molecular formula is C28H28N2O4. The summed E-state index contributed by atoms with van der Waals surface area (Å²) in [5.41, 5.74) is 6.88. The van der Waals surface area contributed by atoms with Crippen LogP contribution in [0.25, 0.3) is 21.5 Å². The molecule has 0 aliphatic rings. The lowest BCUT2D eigenvalue weighted by molar-refractivity contribution is -0.130. The third-order valence-corrected chi connectivity index (χ3v) is 6.24. The highest BCUT2D eigenvalue weighted by Crippen LogP contribution is 2.26. The summed E-state index contributed by atoms with van der Waals surface area (Å²) in [6, 6.07) is 23.3. The van der Waals surface area contributed by atoms with Crippen LogP contribution in [0.15, 0.2) is 72.8 Å². The van der Waals surface area contributed by atoms with Crippen LogP contribution < -0.4 is 20.3 Å². The van der Waals surface area contributed by atoms with Crippen LogP contribution in [0, 0.1) is 0 Å². The molecule has 0 saturated carbocycles. The van der Waals surface area contributed by atoms with Crippen LogP contribution in [-0.2, 0) is 9.59 Å². The summed E-state index contributed by atoms with van der Waals surface area (Å²) in [6.45, 7) is 3.63. The van der Waals surface area contributed by atoms with Gasteiger partial charge in [-0.25, -0.2) is 0 Å². The number of ether oxygens (including phenoxy) is 2. The monoisotopic (exact) mass is 456 g/mol. The van der Waals surface area contributed by atoms with Crippen LogP contribution >= 0.6 is 0 Å². The van der Waals surface area contributed by atoms with E-state index in [1.807, 2.05) is 86.6 Å². The number of benzene rings is 4. The Balaban J connectivity index is 1.40. The molecule has 4 aromatic carbocycles. The lowest BCUT2D eigenvalue weighted by atomic mass is 9.96. The van der Waals surface area contributed by atoms with E-state index in [0.717, 1.165) is 44.2 Å². The summed E-state index contributed by atoms with van der Waals surface area (Å²) in [5.74, 6) is 0.150. The lowest BCUT2D eigenvalue weighted by Gasteiger charge is -2.17. The zero-order valence-corrected chi connectivity index (χ0v) is 19.7. The number of fused-ring (bicyclic) bond motifs is 2. The Kier molecular flexibility index (Phi) is 6.68. The van der Waals surface area contributed by atoms with Gasteiger partial charge in [-0.1, -0.05) is 48.5 Å². The molecule has 4 rings (SSSR count). The van der Waals surface area contributed by atoms with Crippen molar-refractivity contribution in [3.8, 4) is 11.5 Å². The smallest absolute Gasteiger partial charge is 0.245 e. The molecule has 0 saturated heterocycles. The van der Waals surface area contributed by atoms with Gasteiger partial charge in [0.05, 0.1) is 26.1 Å². The number of hydrazine groups is 1. The van der Waals surface area contributed by atoms with Crippen LogP contribution in [0.5, 0.6) is 11.5 Å². The minimum Gasteiger partial charge on any atom is -0.497 e. The molecule has 0 aliphatic carbocycles. The van der Waals surface area contributed by atoms with E-state index in [4.69, 9.17) is 9.47 Å². The molecule has 34 heavy (non-hydrogen) atoms. The van der Waals surface area contributed by atoms with Crippen molar-refractivity contribution in [3.63, 3.8) is 0 Å². The molecule has 0 bridgehead atoms. The summed E-state index contributed by atoms with van der Waals surface area (Å²) >= 11 is 0. The maximum Gasteiger partial charge on any atom is 0.245 e. The highest BCUT2D eigenvalue weighted by atomic mass is 16.5. The van der Waals surface area contributed by atoms with Crippen LogP contribution in [-0.4, -0.2) is 26.0 Å². The second-order valence-electron chi connectivity index (χ2n) is 8.37. The van der Waals surface area contributed by atoms with E-state index in [1.54, 1.807) is 14.2 Å².